The maximum Gasteiger partial charge on any atom is 0.0339 e. The van der Waals surface area contributed by atoms with E-state index in [1.54, 1.807) is 0 Å². The molecule has 0 amide bonds. The summed E-state index contributed by atoms with van der Waals surface area (Å²) in [5.41, 5.74) is 1.42. The van der Waals surface area contributed by atoms with E-state index in [1.807, 2.05) is 11.3 Å². The minimum atomic E-state index is 1.08. The lowest BCUT2D eigenvalue weighted by atomic mass is 10.2. The van der Waals surface area contributed by atoms with Gasteiger partial charge in [0, 0.05) is 35.5 Å². The Hall–Kier alpha value is -0.680. The topological polar surface area (TPSA) is 6.48 Å². The largest absolute Gasteiger partial charge is 0.298 e. The van der Waals surface area contributed by atoms with Crippen LogP contribution in [0.3, 0.4) is 0 Å². The quantitative estimate of drug-likeness (QED) is 0.801. The second-order valence-corrected chi connectivity index (χ2v) is 7.44. The number of nitrogens with zero attached hydrogens (tertiary/aromatic N) is 2. The lowest BCUT2D eigenvalue weighted by Gasteiger charge is -2.21. The molecular formula is C17H21BrN2S. The number of hydrogen-bond acceptors (Lipinski definition) is 3. The smallest absolute Gasteiger partial charge is 0.0339 e. The average molecular weight is 365 g/mol. The van der Waals surface area contributed by atoms with E-state index in [4.69, 9.17) is 0 Å². The summed E-state index contributed by atoms with van der Waals surface area (Å²) in [6.07, 6.45) is 1.26. The van der Waals surface area contributed by atoms with Crippen molar-refractivity contribution in [2.24, 2.45) is 0 Å². The fourth-order valence-electron chi connectivity index (χ4n) is 2.82. The summed E-state index contributed by atoms with van der Waals surface area (Å²) in [6, 6.07) is 13.0. The van der Waals surface area contributed by atoms with Crippen LogP contribution in [0.5, 0.6) is 0 Å². The van der Waals surface area contributed by atoms with E-state index in [-0.39, 0.29) is 0 Å². The molecule has 0 atom stereocenters. The lowest BCUT2D eigenvalue weighted by Crippen LogP contribution is -2.30. The minimum Gasteiger partial charge on any atom is -0.298 e. The molecule has 1 saturated heterocycles. The van der Waals surface area contributed by atoms with Crippen molar-refractivity contribution in [1.82, 2.24) is 9.80 Å². The van der Waals surface area contributed by atoms with Gasteiger partial charge in [-0.05, 0) is 52.5 Å². The zero-order valence-electron chi connectivity index (χ0n) is 12.2. The Morgan fingerprint density at radius 3 is 2.29 bits per heavy atom. The third-order valence-electron chi connectivity index (χ3n) is 3.99. The van der Waals surface area contributed by atoms with Gasteiger partial charge in [0.1, 0.15) is 0 Å². The van der Waals surface area contributed by atoms with Crippen LogP contribution in [-0.2, 0) is 13.1 Å². The van der Waals surface area contributed by atoms with E-state index in [9.17, 15) is 0 Å². The van der Waals surface area contributed by atoms with Crippen molar-refractivity contribution >= 4 is 27.3 Å². The molecule has 1 aromatic heterocycles. The highest BCUT2D eigenvalue weighted by atomic mass is 79.9. The molecule has 0 radical (unpaired) electrons. The molecule has 1 aromatic carbocycles. The molecule has 21 heavy (non-hydrogen) atoms. The van der Waals surface area contributed by atoms with Gasteiger partial charge in [-0.3, -0.25) is 9.80 Å². The Morgan fingerprint density at radius 1 is 0.905 bits per heavy atom. The van der Waals surface area contributed by atoms with E-state index in [0.717, 1.165) is 26.2 Å². The standard InChI is InChI=1S/C17H21BrN2S/c18-16-7-12-21-17(16)14-20-9-4-8-19(10-11-20)13-15-5-2-1-3-6-15/h1-3,5-7,12H,4,8-11,13-14H2. The summed E-state index contributed by atoms with van der Waals surface area (Å²) in [5, 5.41) is 2.17. The van der Waals surface area contributed by atoms with Crippen molar-refractivity contribution < 1.29 is 0 Å². The molecule has 1 fully saturated rings. The molecule has 0 aliphatic carbocycles. The molecule has 2 heterocycles. The van der Waals surface area contributed by atoms with Gasteiger partial charge in [0.05, 0.1) is 0 Å². The molecule has 0 saturated carbocycles. The first-order chi connectivity index (χ1) is 10.3. The lowest BCUT2D eigenvalue weighted by molar-refractivity contribution is 0.248. The first kappa shape index (κ1) is 15.2. The zero-order valence-corrected chi connectivity index (χ0v) is 14.6. The second kappa shape index (κ2) is 7.54. The molecule has 112 valence electrons. The predicted molar refractivity (Wildman–Crippen MR) is 93.6 cm³/mol. The molecule has 1 aliphatic rings. The van der Waals surface area contributed by atoms with Crippen molar-refractivity contribution in [1.29, 1.82) is 0 Å². The maximum atomic E-state index is 3.64. The number of benzene rings is 1. The minimum absolute atomic E-state index is 1.08. The molecule has 3 rings (SSSR count). The van der Waals surface area contributed by atoms with Gasteiger partial charge in [0.25, 0.3) is 0 Å². The van der Waals surface area contributed by atoms with Crippen LogP contribution in [0.25, 0.3) is 0 Å². The van der Waals surface area contributed by atoms with Gasteiger partial charge in [-0.1, -0.05) is 30.3 Å². The van der Waals surface area contributed by atoms with E-state index >= 15 is 0 Å². The number of halogens is 1. The highest BCUT2D eigenvalue weighted by Crippen LogP contribution is 2.24. The number of hydrogen-bond donors (Lipinski definition) is 0. The number of rotatable bonds is 4. The van der Waals surface area contributed by atoms with Crippen LogP contribution in [-0.4, -0.2) is 36.0 Å². The first-order valence-corrected chi connectivity index (χ1v) is 9.19. The Morgan fingerprint density at radius 2 is 1.62 bits per heavy atom. The van der Waals surface area contributed by atoms with Crippen LogP contribution in [0.4, 0.5) is 0 Å². The van der Waals surface area contributed by atoms with E-state index < -0.39 is 0 Å². The van der Waals surface area contributed by atoms with E-state index in [2.05, 4.69) is 67.5 Å². The van der Waals surface area contributed by atoms with Gasteiger partial charge >= 0.3 is 0 Å². The van der Waals surface area contributed by atoms with Crippen molar-refractivity contribution in [2.75, 3.05) is 26.2 Å². The fourth-order valence-corrected chi connectivity index (χ4v) is 4.34. The van der Waals surface area contributed by atoms with Crippen LogP contribution >= 0.6 is 27.3 Å². The second-order valence-electron chi connectivity index (χ2n) is 5.58. The monoisotopic (exact) mass is 364 g/mol. The average Bonchev–Trinajstić information content (AvgIpc) is 2.77. The van der Waals surface area contributed by atoms with Crippen molar-refractivity contribution in [3.05, 3.63) is 56.7 Å². The Balaban J connectivity index is 1.53. The van der Waals surface area contributed by atoms with Crippen LogP contribution in [0.2, 0.25) is 0 Å². The third-order valence-corrected chi connectivity index (χ3v) is 5.90. The van der Waals surface area contributed by atoms with Gasteiger partial charge in [-0.2, -0.15) is 0 Å². The van der Waals surface area contributed by atoms with E-state index in [0.29, 0.717) is 0 Å². The Labute approximate surface area is 139 Å². The normalized spacial score (nSPS) is 17.8. The molecule has 0 unspecified atom stereocenters. The van der Waals surface area contributed by atoms with Crippen LogP contribution in [0.15, 0.2) is 46.3 Å². The zero-order chi connectivity index (χ0) is 14.5. The Kier molecular flexibility index (Phi) is 5.47. The van der Waals surface area contributed by atoms with Crippen molar-refractivity contribution in [2.45, 2.75) is 19.5 Å². The summed E-state index contributed by atoms with van der Waals surface area (Å²) in [7, 11) is 0. The summed E-state index contributed by atoms with van der Waals surface area (Å²) in [5.74, 6) is 0. The van der Waals surface area contributed by atoms with Crippen molar-refractivity contribution in [3.63, 3.8) is 0 Å². The van der Waals surface area contributed by atoms with Gasteiger partial charge in [0.2, 0.25) is 0 Å². The molecule has 1 aliphatic heterocycles. The molecule has 0 N–H and O–H groups in total. The molecule has 4 heteroatoms. The summed E-state index contributed by atoms with van der Waals surface area (Å²) < 4.78 is 1.26. The molecule has 2 aromatic rings. The van der Waals surface area contributed by atoms with Crippen LogP contribution in [0, 0.1) is 0 Å². The van der Waals surface area contributed by atoms with Crippen LogP contribution < -0.4 is 0 Å². The predicted octanol–water partition coefficient (Wildman–Crippen LogP) is 4.22. The SMILES string of the molecule is Brc1ccsc1CN1CCCN(Cc2ccccc2)CC1. The molecule has 2 nitrogen and oxygen atoms in total. The summed E-state index contributed by atoms with van der Waals surface area (Å²) >= 11 is 5.49. The molecule has 0 spiro atoms. The summed E-state index contributed by atoms with van der Waals surface area (Å²) in [6.45, 7) is 6.90. The fraction of sp³-hybridized carbons (Fsp3) is 0.412. The van der Waals surface area contributed by atoms with E-state index in [1.165, 1.54) is 34.4 Å². The molecule has 0 bridgehead atoms. The van der Waals surface area contributed by atoms with Gasteiger partial charge in [0.15, 0.2) is 0 Å². The van der Waals surface area contributed by atoms with Gasteiger partial charge in [-0.25, -0.2) is 0 Å². The Bertz CT molecular complexity index is 555. The van der Waals surface area contributed by atoms with Gasteiger partial charge in [-0.15, -0.1) is 11.3 Å². The first-order valence-electron chi connectivity index (χ1n) is 7.52. The summed E-state index contributed by atoms with van der Waals surface area (Å²) in [4.78, 5) is 6.62. The van der Waals surface area contributed by atoms with Gasteiger partial charge < -0.3 is 0 Å². The highest BCUT2D eigenvalue weighted by Gasteiger charge is 2.16. The molecular weight excluding hydrogens is 344 g/mol. The third kappa shape index (κ3) is 4.39. The highest BCUT2D eigenvalue weighted by molar-refractivity contribution is 9.10. The van der Waals surface area contributed by atoms with Crippen LogP contribution in [0.1, 0.15) is 16.9 Å². The maximum absolute atomic E-state index is 3.64. The number of thiophene rings is 1. The van der Waals surface area contributed by atoms with Crippen molar-refractivity contribution in [3.8, 4) is 0 Å².